The number of nitrogens with one attached hydrogen (secondary N) is 1. The van der Waals surface area contributed by atoms with Crippen LogP contribution in [0.5, 0.6) is 0 Å². The van der Waals surface area contributed by atoms with Crippen molar-refractivity contribution in [3.63, 3.8) is 0 Å². The fraction of sp³-hybridized carbons (Fsp3) is 0.682. The third-order valence-electron chi connectivity index (χ3n) is 7.80. The number of piperidine rings is 1. The maximum Gasteiger partial charge on any atom is 0.217 e. The SMILES string of the molecule is CC(=O)N[C@H]1CC2(CCN([C@H]3C[C@@H]4CC[C@H]3C4)CC2)c2ccccc21. The molecule has 3 nitrogen and oxygen atoms in total. The molecular weight excluding hydrogens is 308 g/mol. The van der Waals surface area contributed by atoms with E-state index < -0.39 is 0 Å². The van der Waals surface area contributed by atoms with Crippen LogP contribution in [-0.2, 0) is 10.2 Å². The predicted octanol–water partition coefficient (Wildman–Crippen LogP) is 3.79. The van der Waals surface area contributed by atoms with Crippen LogP contribution in [0.2, 0.25) is 0 Å². The third-order valence-corrected chi connectivity index (χ3v) is 7.80. The van der Waals surface area contributed by atoms with Gasteiger partial charge in [0.25, 0.3) is 0 Å². The molecule has 1 saturated heterocycles. The maximum absolute atomic E-state index is 11.7. The van der Waals surface area contributed by atoms with Gasteiger partial charge in [0.15, 0.2) is 0 Å². The van der Waals surface area contributed by atoms with Crippen LogP contribution in [0, 0.1) is 11.8 Å². The fourth-order valence-electron chi connectivity index (χ4n) is 6.68. The van der Waals surface area contributed by atoms with Crippen molar-refractivity contribution in [1.29, 1.82) is 0 Å². The molecule has 1 aromatic rings. The Bertz CT molecular complexity index is 676. The van der Waals surface area contributed by atoms with Crippen molar-refractivity contribution in [2.45, 2.75) is 69.4 Å². The summed E-state index contributed by atoms with van der Waals surface area (Å²) in [6.07, 6.45) is 9.54. The minimum Gasteiger partial charge on any atom is -0.349 e. The molecule has 1 aromatic carbocycles. The molecule has 0 unspecified atom stereocenters. The van der Waals surface area contributed by atoms with Crippen LogP contribution >= 0.6 is 0 Å². The highest BCUT2D eigenvalue weighted by Gasteiger charge is 2.48. The Morgan fingerprint density at radius 2 is 1.96 bits per heavy atom. The molecule has 0 radical (unpaired) electrons. The summed E-state index contributed by atoms with van der Waals surface area (Å²) in [5, 5.41) is 3.21. The van der Waals surface area contributed by atoms with Gasteiger partial charge in [-0.1, -0.05) is 30.7 Å². The van der Waals surface area contributed by atoms with Gasteiger partial charge in [-0.15, -0.1) is 0 Å². The van der Waals surface area contributed by atoms with Crippen LogP contribution in [0.1, 0.15) is 69.0 Å². The van der Waals surface area contributed by atoms with Crippen molar-refractivity contribution < 1.29 is 4.79 Å². The van der Waals surface area contributed by atoms with E-state index in [0.29, 0.717) is 0 Å². The van der Waals surface area contributed by atoms with Gasteiger partial charge in [0, 0.05) is 18.4 Å². The lowest BCUT2D eigenvalue weighted by atomic mass is 9.73. The van der Waals surface area contributed by atoms with Gasteiger partial charge in [0.2, 0.25) is 5.91 Å². The van der Waals surface area contributed by atoms with E-state index in [1.165, 1.54) is 62.7 Å². The standard InChI is InChI=1S/C22H30N2O/c1-15(25)23-20-14-22(19-5-3-2-4-18(19)20)8-10-24(11-9-22)21-13-16-6-7-17(21)12-16/h2-5,16-17,20-21H,6-14H2,1H3,(H,23,25)/t16-,17+,20+,21+/m1/s1. The highest BCUT2D eigenvalue weighted by molar-refractivity contribution is 5.73. The lowest BCUT2D eigenvalue weighted by molar-refractivity contribution is -0.119. The van der Waals surface area contributed by atoms with Gasteiger partial charge in [0.05, 0.1) is 6.04 Å². The summed E-state index contributed by atoms with van der Waals surface area (Å²) < 4.78 is 0. The van der Waals surface area contributed by atoms with Crippen molar-refractivity contribution >= 4 is 5.91 Å². The zero-order valence-electron chi connectivity index (χ0n) is 15.3. The van der Waals surface area contributed by atoms with E-state index in [2.05, 4.69) is 34.5 Å². The second-order valence-corrected chi connectivity index (χ2v) is 9.10. The second-order valence-electron chi connectivity index (χ2n) is 9.10. The summed E-state index contributed by atoms with van der Waals surface area (Å²) in [7, 11) is 0. The molecule has 2 bridgehead atoms. The van der Waals surface area contributed by atoms with E-state index in [9.17, 15) is 4.79 Å². The summed E-state index contributed by atoms with van der Waals surface area (Å²) in [4.78, 5) is 14.5. The van der Waals surface area contributed by atoms with Crippen LogP contribution in [0.25, 0.3) is 0 Å². The molecule has 0 aromatic heterocycles. The predicted molar refractivity (Wildman–Crippen MR) is 99.3 cm³/mol. The Kier molecular flexibility index (Phi) is 3.70. The Balaban J connectivity index is 1.34. The molecule has 1 amide bonds. The minimum absolute atomic E-state index is 0.0938. The molecule has 5 rings (SSSR count). The molecule has 1 N–H and O–H groups in total. The monoisotopic (exact) mass is 338 g/mol. The molecule has 134 valence electrons. The highest BCUT2D eigenvalue weighted by atomic mass is 16.1. The van der Waals surface area contributed by atoms with E-state index in [-0.39, 0.29) is 17.4 Å². The number of carbonyl (C=O) groups is 1. The topological polar surface area (TPSA) is 32.3 Å². The van der Waals surface area contributed by atoms with Gasteiger partial charge in [-0.25, -0.2) is 0 Å². The molecule has 4 aliphatic rings. The number of rotatable bonds is 2. The van der Waals surface area contributed by atoms with Crippen LogP contribution in [0.15, 0.2) is 24.3 Å². The van der Waals surface area contributed by atoms with Crippen molar-refractivity contribution in [1.82, 2.24) is 10.2 Å². The van der Waals surface area contributed by atoms with Crippen LogP contribution in [0.4, 0.5) is 0 Å². The number of hydrogen-bond donors (Lipinski definition) is 1. The minimum atomic E-state index is 0.0938. The third kappa shape index (κ3) is 2.54. The average molecular weight is 338 g/mol. The molecule has 4 atom stereocenters. The molecule has 1 heterocycles. The fourth-order valence-corrected chi connectivity index (χ4v) is 6.68. The van der Waals surface area contributed by atoms with E-state index in [4.69, 9.17) is 0 Å². The van der Waals surface area contributed by atoms with Gasteiger partial charge in [-0.05, 0) is 74.6 Å². The van der Waals surface area contributed by atoms with E-state index in [0.717, 1.165) is 24.3 Å². The van der Waals surface area contributed by atoms with Crippen molar-refractivity contribution in [3.8, 4) is 0 Å². The zero-order chi connectivity index (χ0) is 17.0. The Morgan fingerprint density at radius 1 is 1.16 bits per heavy atom. The van der Waals surface area contributed by atoms with E-state index in [1.54, 1.807) is 6.92 Å². The summed E-state index contributed by atoms with van der Waals surface area (Å²) in [5.41, 5.74) is 3.17. The molecule has 3 aliphatic carbocycles. The molecule has 1 aliphatic heterocycles. The first-order valence-electron chi connectivity index (χ1n) is 10.3. The van der Waals surface area contributed by atoms with Crippen molar-refractivity contribution in [2.24, 2.45) is 11.8 Å². The van der Waals surface area contributed by atoms with Crippen LogP contribution in [-0.4, -0.2) is 29.9 Å². The Hall–Kier alpha value is -1.35. The molecule has 3 heteroatoms. The molecule has 25 heavy (non-hydrogen) atoms. The highest BCUT2D eigenvalue weighted by Crippen LogP contribution is 2.53. The number of carbonyl (C=O) groups excluding carboxylic acids is 1. The largest absolute Gasteiger partial charge is 0.349 e. The van der Waals surface area contributed by atoms with Crippen LogP contribution < -0.4 is 5.32 Å². The normalized spacial score (nSPS) is 35.9. The number of hydrogen-bond acceptors (Lipinski definition) is 2. The quantitative estimate of drug-likeness (QED) is 0.890. The number of nitrogens with zero attached hydrogens (tertiary/aromatic N) is 1. The lowest BCUT2D eigenvalue weighted by Gasteiger charge is -2.44. The van der Waals surface area contributed by atoms with Gasteiger partial charge in [-0.3, -0.25) is 4.79 Å². The van der Waals surface area contributed by atoms with E-state index in [1.807, 2.05) is 0 Å². The number of fused-ring (bicyclic) bond motifs is 4. The molecule has 1 spiro atoms. The second kappa shape index (κ2) is 5.84. The first kappa shape index (κ1) is 15.9. The average Bonchev–Trinajstić information content (AvgIpc) is 3.31. The first-order valence-corrected chi connectivity index (χ1v) is 10.3. The zero-order valence-corrected chi connectivity index (χ0v) is 15.3. The number of likely N-dealkylation sites (tertiary alicyclic amines) is 1. The lowest BCUT2D eigenvalue weighted by Crippen LogP contribution is -2.48. The van der Waals surface area contributed by atoms with E-state index >= 15 is 0 Å². The van der Waals surface area contributed by atoms with Gasteiger partial charge in [-0.2, -0.15) is 0 Å². The summed E-state index contributed by atoms with van der Waals surface area (Å²) in [6.45, 7) is 4.13. The smallest absolute Gasteiger partial charge is 0.217 e. The van der Waals surface area contributed by atoms with Crippen LogP contribution in [0.3, 0.4) is 0 Å². The molecule has 2 saturated carbocycles. The first-order chi connectivity index (χ1) is 12.1. The summed E-state index contributed by atoms with van der Waals surface area (Å²) >= 11 is 0. The molecular formula is C22H30N2O. The number of benzene rings is 1. The summed E-state index contributed by atoms with van der Waals surface area (Å²) in [5.74, 6) is 2.11. The summed E-state index contributed by atoms with van der Waals surface area (Å²) in [6, 6.07) is 9.94. The van der Waals surface area contributed by atoms with Crippen molar-refractivity contribution in [3.05, 3.63) is 35.4 Å². The molecule has 3 fully saturated rings. The number of amides is 1. The van der Waals surface area contributed by atoms with Crippen molar-refractivity contribution in [2.75, 3.05) is 13.1 Å². The Labute approximate surface area is 151 Å². The maximum atomic E-state index is 11.7. The van der Waals surface area contributed by atoms with Gasteiger partial charge in [0.1, 0.15) is 0 Å². The Morgan fingerprint density at radius 3 is 2.64 bits per heavy atom. The van der Waals surface area contributed by atoms with Gasteiger partial charge < -0.3 is 10.2 Å². The van der Waals surface area contributed by atoms with Gasteiger partial charge >= 0.3 is 0 Å².